The van der Waals surface area contributed by atoms with Crippen molar-refractivity contribution in [2.24, 2.45) is 0 Å². The van der Waals surface area contributed by atoms with Gasteiger partial charge in [0.15, 0.2) is 0 Å². The van der Waals surface area contributed by atoms with Gasteiger partial charge in [0, 0.05) is 113 Å². The number of hydrogen-bond donors (Lipinski definition) is 2. The van der Waals surface area contributed by atoms with Crippen LogP contribution < -0.4 is 20.4 Å². The van der Waals surface area contributed by atoms with Crippen LogP contribution in [0.3, 0.4) is 0 Å². The molecule has 2 aromatic rings. The third-order valence-electron chi connectivity index (χ3n) is 7.90. The minimum atomic E-state index is -0.498. The molecule has 0 spiro atoms. The fraction of sp³-hybridized carbons (Fsp3) is 0.657. The Kier molecular flexibility index (Phi) is 14.4. The summed E-state index contributed by atoms with van der Waals surface area (Å²) >= 11 is 0. The number of ether oxygens (including phenoxy) is 2. The average molecular weight is 691 g/mol. The minimum Gasteiger partial charge on any atom is -0.444 e. The van der Waals surface area contributed by atoms with Crippen LogP contribution in [0.4, 0.5) is 29.7 Å². The summed E-state index contributed by atoms with van der Waals surface area (Å²) in [7, 11) is 0. The molecule has 5 rings (SSSR count). The van der Waals surface area contributed by atoms with Crippen LogP contribution in [-0.4, -0.2) is 120 Å². The van der Waals surface area contributed by atoms with Crippen LogP contribution in [-0.2, 0) is 9.47 Å². The number of hydrogen-bond acceptors (Lipinski definition) is 10. The molecule has 274 valence electrons. The van der Waals surface area contributed by atoms with Crippen molar-refractivity contribution in [3.8, 4) is 0 Å². The van der Waals surface area contributed by atoms with Gasteiger partial charge >= 0.3 is 12.2 Å². The maximum absolute atomic E-state index is 13.2. The SMILES string of the molecule is C[C@@H]1CN(c2ccnc(F)c2)CCN1.C[C@@H]1CN(c2ccnc(F)c2)CCN1C(=O)OC(C)(C)C.C[C@@H]1CNCCN1C(=O)OC(C)(C)C. The lowest BCUT2D eigenvalue weighted by Gasteiger charge is -2.41. The molecule has 3 aliphatic heterocycles. The molecule has 3 saturated heterocycles. The molecule has 0 bridgehead atoms. The molecule has 3 atom stereocenters. The zero-order valence-corrected chi connectivity index (χ0v) is 30.6. The first kappa shape index (κ1) is 39.7. The molecule has 14 heteroatoms. The molecule has 0 aromatic carbocycles. The first-order valence-corrected chi connectivity index (χ1v) is 17.1. The third-order valence-corrected chi connectivity index (χ3v) is 7.90. The van der Waals surface area contributed by atoms with Crippen molar-refractivity contribution >= 4 is 23.6 Å². The van der Waals surface area contributed by atoms with Gasteiger partial charge in [-0.15, -0.1) is 0 Å². The molecule has 0 unspecified atom stereocenters. The molecule has 2 aromatic heterocycles. The summed E-state index contributed by atoms with van der Waals surface area (Å²) in [5.41, 5.74) is 0.813. The van der Waals surface area contributed by atoms with Crippen molar-refractivity contribution in [3.63, 3.8) is 0 Å². The van der Waals surface area contributed by atoms with Crippen molar-refractivity contribution < 1.29 is 27.8 Å². The Bertz CT molecular complexity index is 1360. The lowest BCUT2D eigenvalue weighted by atomic mass is 10.1. The van der Waals surface area contributed by atoms with Gasteiger partial charge in [0.25, 0.3) is 0 Å². The van der Waals surface area contributed by atoms with Crippen LogP contribution in [0.2, 0.25) is 0 Å². The number of piperazine rings is 3. The first-order chi connectivity index (χ1) is 22.9. The summed E-state index contributed by atoms with van der Waals surface area (Å²) in [5.74, 6) is -0.900. The molecule has 2 amide bonds. The largest absolute Gasteiger partial charge is 0.444 e. The van der Waals surface area contributed by atoms with E-state index < -0.39 is 23.1 Å². The van der Waals surface area contributed by atoms with Gasteiger partial charge < -0.3 is 39.7 Å². The highest BCUT2D eigenvalue weighted by molar-refractivity contribution is 5.69. The van der Waals surface area contributed by atoms with E-state index in [1.807, 2.05) is 61.5 Å². The molecule has 3 aliphatic rings. The number of carbonyl (C=O) groups excluding carboxylic acids is 2. The van der Waals surface area contributed by atoms with Gasteiger partial charge in [-0.2, -0.15) is 8.78 Å². The number of pyridine rings is 2. The molecule has 0 radical (unpaired) electrons. The van der Waals surface area contributed by atoms with E-state index in [0.29, 0.717) is 25.7 Å². The van der Waals surface area contributed by atoms with E-state index in [0.717, 1.165) is 50.6 Å². The second kappa shape index (κ2) is 17.7. The van der Waals surface area contributed by atoms with Crippen LogP contribution in [0, 0.1) is 11.9 Å². The van der Waals surface area contributed by atoms with E-state index in [1.54, 1.807) is 15.9 Å². The highest BCUT2D eigenvalue weighted by Crippen LogP contribution is 2.21. The number of amides is 2. The van der Waals surface area contributed by atoms with E-state index in [1.165, 1.54) is 24.5 Å². The normalized spacial score (nSPS) is 21.5. The maximum atomic E-state index is 13.2. The maximum Gasteiger partial charge on any atom is 0.410 e. The van der Waals surface area contributed by atoms with Crippen molar-refractivity contribution in [2.45, 2.75) is 91.6 Å². The van der Waals surface area contributed by atoms with Crippen LogP contribution in [0.1, 0.15) is 62.3 Å². The molecule has 2 N–H and O–H groups in total. The number of anilines is 2. The summed E-state index contributed by atoms with van der Waals surface area (Å²) in [4.78, 5) is 38.7. The zero-order chi connectivity index (χ0) is 36.4. The van der Waals surface area contributed by atoms with E-state index in [-0.39, 0.29) is 24.3 Å². The van der Waals surface area contributed by atoms with Crippen molar-refractivity contribution in [3.05, 3.63) is 48.6 Å². The summed E-state index contributed by atoms with van der Waals surface area (Å²) in [6.45, 7) is 24.4. The number of aromatic nitrogens is 2. The molecule has 5 heterocycles. The Morgan fingerprint density at radius 3 is 1.69 bits per heavy atom. The highest BCUT2D eigenvalue weighted by atomic mass is 19.1. The van der Waals surface area contributed by atoms with Gasteiger partial charge in [-0.3, -0.25) is 0 Å². The van der Waals surface area contributed by atoms with Crippen molar-refractivity contribution in [2.75, 3.05) is 68.7 Å². The van der Waals surface area contributed by atoms with Crippen molar-refractivity contribution in [1.29, 1.82) is 0 Å². The van der Waals surface area contributed by atoms with E-state index in [2.05, 4.69) is 37.3 Å². The Morgan fingerprint density at radius 2 is 1.24 bits per heavy atom. The number of rotatable bonds is 2. The number of carbonyl (C=O) groups is 2. The minimum absolute atomic E-state index is 0.00447. The predicted octanol–water partition coefficient (Wildman–Crippen LogP) is 4.90. The molecule has 0 saturated carbocycles. The topological polar surface area (TPSA) is 115 Å². The molecule has 3 fully saturated rings. The highest BCUT2D eigenvalue weighted by Gasteiger charge is 2.31. The van der Waals surface area contributed by atoms with Crippen LogP contribution in [0.15, 0.2) is 36.7 Å². The zero-order valence-electron chi connectivity index (χ0n) is 30.6. The van der Waals surface area contributed by atoms with Gasteiger partial charge in [-0.05, 0) is 74.4 Å². The lowest BCUT2D eigenvalue weighted by molar-refractivity contribution is 0.0136. The summed E-state index contributed by atoms with van der Waals surface area (Å²) < 4.78 is 36.8. The predicted molar refractivity (Wildman–Crippen MR) is 188 cm³/mol. The molecule has 49 heavy (non-hydrogen) atoms. The number of nitrogens with one attached hydrogen (secondary N) is 2. The molecule has 12 nitrogen and oxygen atoms in total. The fourth-order valence-electron chi connectivity index (χ4n) is 5.56. The first-order valence-electron chi connectivity index (χ1n) is 17.1. The smallest absolute Gasteiger partial charge is 0.410 e. The molecular weight excluding hydrogens is 634 g/mol. The molecular formula is C35H56F2N8O4. The Morgan fingerprint density at radius 1 is 0.735 bits per heavy atom. The van der Waals surface area contributed by atoms with Gasteiger partial charge in [-0.25, -0.2) is 19.6 Å². The monoisotopic (exact) mass is 690 g/mol. The third kappa shape index (κ3) is 13.6. The Balaban J connectivity index is 0.000000206. The summed E-state index contributed by atoms with van der Waals surface area (Å²) in [5, 5.41) is 6.58. The average Bonchev–Trinajstić information content (AvgIpc) is 3.00. The van der Waals surface area contributed by atoms with E-state index >= 15 is 0 Å². The summed E-state index contributed by atoms with van der Waals surface area (Å²) in [6.07, 6.45) is 2.47. The van der Waals surface area contributed by atoms with E-state index in [9.17, 15) is 18.4 Å². The Hall–Kier alpha value is -3.78. The van der Waals surface area contributed by atoms with Crippen LogP contribution in [0.5, 0.6) is 0 Å². The lowest BCUT2D eigenvalue weighted by Crippen LogP contribution is -2.55. The van der Waals surface area contributed by atoms with Gasteiger partial charge in [0.05, 0.1) is 0 Å². The number of nitrogens with zero attached hydrogens (tertiary/aromatic N) is 6. The standard InChI is InChI=1S/C15H22FN3O2.C10H14FN3.C10H20N2O2/c1-11-10-18(12-5-6-17-13(16)9-12)7-8-19(11)14(20)21-15(2,3)4;1-8-7-14(5-4-12-8)9-2-3-13-10(11)6-9;1-8-7-11-5-6-12(8)9(13)14-10(2,3)4/h5-6,9,11H,7-8,10H2,1-4H3;2-3,6,8,12H,4-5,7H2,1H3;8,11H,5-7H2,1-4H3/t11-;2*8-/m111/s1. The van der Waals surface area contributed by atoms with Crippen LogP contribution >= 0.6 is 0 Å². The Labute approximate surface area is 290 Å². The number of halogens is 2. The van der Waals surface area contributed by atoms with Crippen molar-refractivity contribution in [1.82, 2.24) is 30.4 Å². The van der Waals surface area contributed by atoms with Crippen LogP contribution in [0.25, 0.3) is 0 Å². The molecule has 0 aliphatic carbocycles. The fourth-order valence-corrected chi connectivity index (χ4v) is 5.56. The van der Waals surface area contributed by atoms with E-state index in [4.69, 9.17) is 9.47 Å². The van der Waals surface area contributed by atoms with Gasteiger partial charge in [0.2, 0.25) is 11.9 Å². The van der Waals surface area contributed by atoms with Gasteiger partial charge in [-0.1, -0.05) is 0 Å². The summed E-state index contributed by atoms with van der Waals surface area (Å²) in [6, 6.07) is 7.21. The quantitative estimate of drug-likeness (QED) is 0.422. The second-order valence-corrected chi connectivity index (χ2v) is 14.7. The van der Waals surface area contributed by atoms with Gasteiger partial charge in [0.1, 0.15) is 11.2 Å². The second-order valence-electron chi connectivity index (χ2n) is 14.7.